The Morgan fingerprint density at radius 2 is 2.17 bits per heavy atom. The second-order valence-electron chi connectivity index (χ2n) is 5.12. The first kappa shape index (κ1) is 14.3. The van der Waals surface area contributed by atoms with E-state index in [4.69, 9.17) is 11.6 Å². The second kappa shape index (κ2) is 7.49. The molecule has 1 saturated heterocycles. The molecule has 1 aromatic rings. The lowest BCUT2D eigenvalue weighted by Gasteiger charge is -2.26. The number of thiophene rings is 1. The Labute approximate surface area is 119 Å². The highest BCUT2D eigenvalue weighted by Gasteiger charge is 2.10. The van der Waals surface area contributed by atoms with Crippen molar-refractivity contribution in [2.75, 3.05) is 26.2 Å². The predicted octanol–water partition coefficient (Wildman–Crippen LogP) is 3.93. The molecule has 0 radical (unpaired) electrons. The van der Waals surface area contributed by atoms with Crippen LogP contribution in [0.4, 0.5) is 0 Å². The highest BCUT2D eigenvalue weighted by molar-refractivity contribution is 7.14. The molecule has 1 aliphatic rings. The van der Waals surface area contributed by atoms with Gasteiger partial charge in [-0.1, -0.05) is 18.0 Å². The molecule has 1 aromatic heterocycles. The van der Waals surface area contributed by atoms with Gasteiger partial charge in [0.15, 0.2) is 0 Å². The van der Waals surface area contributed by atoms with Gasteiger partial charge in [0.2, 0.25) is 0 Å². The molecule has 0 bridgehead atoms. The van der Waals surface area contributed by atoms with Crippen LogP contribution in [0, 0.1) is 0 Å². The van der Waals surface area contributed by atoms with Crippen LogP contribution in [0.2, 0.25) is 4.34 Å². The zero-order chi connectivity index (χ0) is 12.8. The van der Waals surface area contributed by atoms with Crippen molar-refractivity contribution in [3.63, 3.8) is 0 Å². The Bertz CT molecular complexity index is 347. The summed E-state index contributed by atoms with van der Waals surface area (Å²) in [7, 11) is 0. The van der Waals surface area contributed by atoms with Crippen LogP contribution in [-0.4, -0.2) is 31.1 Å². The lowest BCUT2D eigenvalue weighted by molar-refractivity contribution is 0.225. The Balaban J connectivity index is 1.60. The van der Waals surface area contributed by atoms with Gasteiger partial charge in [0.1, 0.15) is 0 Å². The van der Waals surface area contributed by atoms with Gasteiger partial charge in [0, 0.05) is 6.04 Å². The molecule has 1 N–H and O–H groups in total. The van der Waals surface area contributed by atoms with E-state index in [0.29, 0.717) is 6.04 Å². The van der Waals surface area contributed by atoms with Crippen molar-refractivity contribution in [3.05, 3.63) is 21.3 Å². The van der Waals surface area contributed by atoms with Gasteiger partial charge >= 0.3 is 0 Å². The van der Waals surface area contributed by atoms with E-state index in [1.54, 1.807) is 11.3 Å². The highest BCUT2D eigenvalue weighted by Crippen LogP contribution is 2.24. The van der Waals surface area contributed by atoms with Crippen molar-refractivity contribution in [2.24, 2.45) is 0 Å². The minimum Gasteiger partial charge on any atom is -0.310 e. The molecule has 0 aliphatic carbocycles. The predicted molar refractivity (Wildman–Crippen MR) is 80.7 cm³/mol. The van der Waals surface area contributed by atoms with Crippen LogP contribution in [0.1, 0.15) is 44.2 Å². The van der Waals surface area contributed by atoms with Crippen LogP contribution in [0.25, 0.3) is 0 Å². The lowest BCUT2D eigenvalue weighted by atomic mass is 10.1. The molecular weight excluding hydrogens is 264 g/mol. The van der Waals surface area contributed by atoms with Gasteiger partial charge in [0.25, 0.3) is 0 Å². The fourth-order valence-corrected chi connectivity index (χ4v) is 3.46. The number of halogens is 1. The summed E-state index contributed by atoms with van der Waals surface area (Å²) >= 11 is 7.56. The van der Waals surface area contributed by atoms with Gasteiger partial charge in [-0.25, -0.2) is 0 Å². The maximum absolute atomic E-state index is 5.95. The van der Waals surface area contributed by atoms with E-state index < -0.39 is 0 Å². The molecular formula is C14H23ClN2S. The van der Waals surface area contributed by atoms with Gasteiger partial charge in [-0.15, -0.1) is 11.3 Å². The minimum atomic E-state index is 0.412. The first-order valence-electron chi connectivity index (χ1n) is 6.95. The molecule has 2 heterocycles. The third kappa shape index (κ3) is 4.54. The highest BCUT2D eigenvalue weighted by atomic mass is 35.5. The number of nitrogens with zero attached hydrogens (tertiary/aromatic N) is 1. The smallest absolute Gasteiger partial charge is 0.0931 e. The Morgan fingerprint density at radius 1 is 1.39 bits per heavy atom. The minimum absolute atomic E-state index is 0.412. The summed E-state index contributed by atoms with van der Waals surface area (Å²) < 4.78 is 0.881. The van der Waals surface area contributed by atoms with Gasteiger partial charge in [0.05, 0.1) is 4.34 Å². The van der Waals surface area contributed by atoms with Crippen LogP contribution in [0.5, 0.6) is 0 Å². The van der Waals surface area contributed by atoms with Crippen LogP contribution in [-0.2, 0) is 0 Å². The van der Waals surface area contributed by atoms with Crippen LogP contribution >= 0.6 is 22.9 Å². The maximum atomic E-state index is 5.95. The molecule has 0 aromatic carbocycles. The topological polar surface area (TPSA) is 15.3 Å². The summed E-state index contributed by atoms with van der Waals surface area (Å²) in [6.07, 6.45) is 5.43. The standard InChI is InChI=1S/C14H23ClN2S/c1-12(13-10-14(15)18-11-13)16-6-5-9-17-7-3-2-4-8-17/h10-12,16H,2-9H2,1H3. The summed E-state index contributed by atoms with van der Waals surface area (Å²) in [6.45, 7) is 7.14. The summed E-state index contributed by atoms with van der Waals surface area (Å²) in [4.78, 5) is 2.59. The number of hydrogen-bond acceptors (Lipinski definition) is 3. The summed E-state index contributed by atoms with van der Waals surface area (Å²) in [5.74, 6) is 0. The molecule has 1 aliphatic heterocycles. The number of nitrogens with one attached hydrogen (secondary N) is 1. The largest absolute Gasteiger partial charge is 0.310 e. The van der Waals surface area contributed by atoms with Crippen molar-refractivity contribution in [1.82, 2.24) is 10.2 Å². The normalized spacial score (nSPS) is 19.0. The van der Waals surface area contributed by atoms with Gasteiger partial charge in [-0.3, -0.25) is 0 Å². The Morgan fingerprint density at radius 3 is 2.83 bits per heavy atom. The molecule has 1 unspecified atom stereocenters. The molecule has 2 nitrogen and oxygen atoms in total. The van der Waals surface area contributed by atoms with Crippen LogP contribution in [0.15, 0.2) is 11.4 Å². The molecule has 102 valence electrons. The van der Waals surface area contributed by atoms with E-state index in [1.165, 1.54) is 50.9 Å². The summed E-state index contributed by atoms with van der Waals surface area (Å²) in [5.41, 5.74) is 1.31. The van der Waals surface area contributed by atoms with E-state index in [9.17, 15) is 0 Å². The van der Waals surface area contributed by atoms with Crippen molar-refractivity contribution < 1.29 is 0 Å². The molecule has 0 spiro atoms. The average molecular weight is 287 g/mol. The van der Waals surface area contributed by atoms with Crippen molar-refractivity contribution in [1.29, 1.82) is 0 Å². The fourth-order valence-electron chi connectivity index (χ4n) is 2.47. The third-order valence-corrected chi connectivity index (χ3v) is 4.75. The fraction of sp³-hybridized carbons (Fsp3) is 0.714. The zero-order valence-corrected chi connectivity index (χ0v) is 12.7. The summed E-state index contributed by atoms with van der Waals surface area (Å²) in [5, 5.41) is 5.72. The summed E-state index contributed by atoms with van der Waals surface area (Å²) in [6, 6.07) is 2.48. The van der Waals surface area contributed by atoms with Crippen LogP contribution in [0.3, 0.4) is 0 Å². The number of likely N-dealkylation sites (tertiary alicyclic amines) is 1. The zero-order valence-electron chi connectivity index (χ0n) is 11.1. The second-order valence-corrected chi connectivity index (χ2v) is 6.66. The Hall–Kier alpha value is -0.0900. The SMILES string of the molecule is CC(NCCCN1CCCCC1)c1csc(Cl)c1. The quantitative estimate of drug-likeness (QED) is 0.797. The first-order valence-corrected chi connectivity index (χ1v) is 8.21. The number of hydrogen-bond donors (Lipinski definition) is 1. The van der Waals surface area contributed by atoms with E-state index >= 15 is 0 Å². The van der Waals surface area contributed by atoms with E-state index in [1.807, 2.05) is 0 Å². The number of rotatable bonds is 6. The molecule has 1 atom stereocenters. The van der Waals surface area contributed by atoms with E-state index in [0.717, 1.165) is 10.9 Å². The molecule has 1 fully saturated rings. The van der Waals surface area contributed by atoms with Crippen LogP contribution < -0.4 is 5.32 Å². The van der Waals surface area contributed by atoms with Crippen molar-refractivity contribution >= 4 is 22.9 Å². The van der Waals surface area contributed by atoms with Gasteiger partial charge in [-0.2, -0.15) is 0 Å². The first-order chi connectivity index (χ1) is 8.75. The lowest BCUT2D eigenvalue weighted by Crippen LogP contribution is -2.32. The third-order valence-electron chi connectivity index (χ3n) is 3.64. The van der Waals surface area contributed by atoms with E-state index in [-0.39, 0.29) is 0 Å². The monoisotopic (exact) mass is 286 g/mol. The van der Waals surface area contributed by atoms with Crippen molar-refractivity contribution in [3.8, 4) is 0 Å². The molecule has 4 heteroatoms. The molecule has 0 saturated carbocycles. The van der Waals surface area contributed by atoms with Gasteiger partial charge in [-0.05, 0) is 69.4 Å². The van der Waals surface area contributed by atoms with E-state index in [2.05, 4.69) is 28.6 Å². The molecule has 0 amide bonds. The molecule has 18 heavy (non-hydrogen) atoms. The Kier molecular flexibility index (Phi) is 5.96. The average Bonchev–Trinajstić information content (AvgIpc) is 2.82. The van der Waals surface area contributed by atoms with Crippen molar-refractivity contribution in [2.45, 2.75) is 38.6 Å². The van der Waals surface area contributed by atoms with Gasteiger partial charge < -0.3 is 10.2 Å². The molecule has 2 rings (SSSR count). The maximum Gasteiger partial charge on any atom is 0.0931 e. The number of piperidine rings is 1.